The number of amides is 3. The van der Waals surface area contributed by atoms with E-state index in [0.29, 0.717) is 5.92 Å². The van der Waals surface area contributed by atoms with Crippen LogP contribution in [0.15, 0.2) is 18.2 Å². The first-order valence-electron chi connectivity index (χ1n) is 8.65. The van der Waals surface area contributed by atoms with Crippen molar-refractivity contribution in [3.05, 3.63) is 39.4 Å². The maximum absolute atomic E-state index is 12.4. The summed E-state index contributed by atoms with van der Waals surface area (Å²) in [5, 5.41) is 13.8. The molecule has 1 aliphatic heterocycles. The van der Waals surface area contributed by atoms with Crippen LogP contribution >= 0.6 is 0 Å². The largest absolute Gasteiger partial charge is 0.352 e. The van der Waals surface area contributed by atoms with Gasteiger partial charge in [-0.2, -0.15) is 0 Å². The first-order chi connectivity index (χ1) is 12.2. The van der Waals surface area contributed by atoms with Crippen LogP contribution in [0.5, 0.6) is 0 Å². The van der Waals surface area contributed by atoms with Gasteiger partial charge in [0.2, 0.25) is 5.91 Å². The number of hydrogen-bond donors (Lipinski definition) is 1. The van der Waals surface area contributed by atoms with Crippen molar-refractivity contribution in [1.82, 2.24) is 10.2 Å². The Morgan fingerprint density at radius 1 is 1.19 bits per heavy atom. The number of carbonyl (C=O) groups is 3. The van der Waals surface area contributed by atoms with Gasteiger partial charge in [-0.25, -0.2) is 0 Å². The zero-order valence-electron chi connectivity index (χ0n) is 15.2. The lowest BCUT2D eigenvalue weighted by Crippen LogP contribution is -2.43. The van der Waals surface area contributed by atoms with Gasteiger partial charge in [-0.05, 0) is 25.3 Å². The maximum atomic E-state index is 12.4. The molecule has 1 atom stereocenters. The quantitative estimate of drug-likeness (QED) is 0.435. The lowest BCUT2D eigenvalue weighted by atomic mass is 10.0. The summed E-state index contributed by atoms with van der Waals surface area (Å²) in [6.07, 6.45) is 2.83. The highest BCUT2D eigenvalue weighted by Crippen LogP contribution is 2.30. The molecule has 0 radical (unpaired) electrons. The molecular weight excluding hydrogens is 338 g/mol. The van der Waals surface area contributed by atoms with Gasteiger partial charge in [-0.3, -0.25) is 29.4 Å². The van der Waals surface area contributed by atoms with Crippen LogP contribution in [0.25, 0.3) is 0 Å². The average Bonchev–Trinajstić information content (AvgIpc) is 2.79. The predicted molar refractivity (Wildman–Crippen MR) is 94.8 cm³/mol. The van der Waals surface area contributed by atoms with Crippen LogP contribution in [0.4, 0.5) is 5.69 Å². The van der Waals surface area contributed by atoms with E-state index in [-0.39, 0.29) is 17.2 Å². The molecule has 0 saturated heterocycles. The van der Waals surface area contributed by atoms with Gasteiger partial charge in [0.15, 0.2) is 0 Å². The highest BCUT2D eigenvalue weighted by Gasteiger charge is 2.41. The van der Waals surface area contributed by atoms with Crippen LogP contribution in [0.1, 0.15) is 60.7 Å². The molecule has 1 aliphatic rings. The Hall–Kier alpha value is -2.77. The van der Waals surface area contributed by atoms with Crippen molar-refractivity contribution in [3.8, 4) is 0 Å². The molecule has 1 unspecified atom stereocenters. The number of nitrogens with one attached hydrogen (secondary N) is 1. The van der Waals surface area contributed by atoms with E-state index in [2.05, 4.69) is 19.2 Å². The lowest BCUT2D eigenvalue weighted by molar-refractivity contribution is -0.385. The van der Waals surface area contributed by atoms with Crippen molar-refractivity contribution in [1.29, 1.82) is 0 Å². The minimum atomic E-state index is -0.806. The first-order valence-corrected chi connectivity index (χ1v) is 8.65. The Kier molecular flexibility index (Phi) is 6.07. The number of nitro groups is 1. The minimum absolute atomic E-state index is 0.0398. The third-order valence-corrected chi connectivity index (χ3v) is 4.30. The molecule has 2 rings (SSSR count). The second-order valence-corrected chi connectivity index (χ2v) is 6.95. The molecule has 3 amide bonds. The number of nitro benzene ring substituents is 1. The Morgan fingerprint density at radius 3 is 2.50 bits per heavy atom. The zero-order chi connectivity index (χ0) is 19.4. The third kappa shape index (κ3) is 4.25. The highest BCUT2D eigenvalue weighted by molar-refractivity contribution is 6.24. The number of hydrogen-bond acceptors (Lipinski definition) is 5. The summed E-state index contributed by atoms with van der Waals surface area (Å²) in [5.74, 6) is -1.36. The Labute approximate surface area is 151 Å². The molecule has 1 aromatic carbocycles. The molecule has 8 nitrogen and oxygen atoms in total. The van der Waals surface area contributed by atoms with Gasteiger partial charge in [0, 0.05) is 12.1 Å². The van der Waals surface area contributed by atoms with Crippen LogP contribution in [-0.2, 0) is 4.79 Å². The fourth-order valence-corrected chi connectivity index (χ4v) is 2.98. The van der Waals surface area contributed by atoms with Crippen LogP contribution in [0.3, 0.4) is 0 Å². The fraction of sp³-hybridized carbons (Fsp3) is 0.500. The Morgan fingerprint density at radius 2 is 1.88 bits per heavy atom. The van der Waals surface area contributed by atoms with Gasteiger partial charge in [-0.1, -0.05) is 32.8 Å². The van der Waals surface area contributed by atoms with Crippen molar-refractivity contribution in [2.75, 3.05) is 6.54 Å². The fourth-order valence-electron chi connectivity index (χ4n) is 2.98. The summed E-state index contributed by atoms with van der Waals surface area (Å²) in [5.41, 5.74) is -0.715. The standard InChI is InChI=1S/C18H23N3O5/c1-11(2)6-4-7-12(3)19-15(22)10-20-17(23)13-8-5-9-14(21(25)26)16(13)18(20)24/h5,8-9,11-12H,4,6-7,10H2,1-3H3,(H,19,22). The topological polar surface area (TPSA) is 110 Å². The predicted octanol–water partition coefficient (Wildman–Crippen LogP) is 2.52. The summed E-state index contributed by atoms with van der Waals surface area (Å²) in [7, 11) is 0. The van der Waals surface area contributed by atoms with Gasteiger partial charge in [-0.15, -0.1) is 0 Å². The molecule has 0 aromatic heterocycles. The molecule has 1 aromatic rings. The van der Waals surface area contributed by atoms with Crippen molar-refractivity contribution >= 4 is 23.4 Å². The van der Waals surface area contributed by atoms with Crippen LogP contribution in [0.2, 0.25) is 0 Å². The maximum Gasteiger partial charge on any atom is 0.282 e. The second kappa shape index (κ2) is 8.07. The SMILES string of the molecule is CC(C)CCCC(C)NC(=O)CN1C(=O)c2cccc([N+](=O)[O-])c2C1=O. The normalized spacial score (nSPS) is 14.5. The van der Waals surface area contributed by atoms with E-state index < -0.39 is 34.9 Å². The lowest BCUT2D eigenvalue weighted by Gasteiger charge is -2.17. The second-order valence-electron chi connectivity index (χ2n) is 6.95. The van der Waals surface area contributed by atoms with Crippen LogP contribution < -0.4 is 5.32 Å². The highest BCUT2D eigenvalue weighted by atomic mass is 16.6. The number of imide groups is 1. The van der Waals surface area contributed by atoms with Crippen LogP contribution in [0, 0.1) is 16.0 Å². The van der Waals surface area contributed by atoms with Crippen molar-refractivity contribution < 1.29 is 19.3 Å². The monoisotopic (exact) mass is 361 g/mol. The van der Waals surface area contributed by atoms with Crippen molar-refractivity contribution in [2.45, 2.75) is 46.1 Å². The number of carbonyl (C=O) groups excluding carboxylic acids is 3. The third-order valence-electron chi connectivity index (χ3n) is 4.30. The average molecular weight is 361 g/mol. The summed E-state index contributed by atoms with van der Waals surface area (Å²) < 4.78 is 0. The van der Waals surface area contributed by atoms with E-state index in [1.807, 2.05) is 6.92 Å². The number of nitrogens with zero attached hydrogens (tertiary/aromatic N) is 2. The summed E-state index contributed by atoms with van der Waals surface area (Å²) >= 11 is 0. The molecule has 0 spiro atoms. The Bertz CT molecular complexity index is 744. The van der Waals surface area contributed by atoms with E-state index in [0.717, 1.165) is 24.2 Å². The minimum Gasteiger partial charge on any atom is -0.352 e. The van der Waals surface area contributed by atoms with E-state index in [9.17, 15) is 24.5 Å². The van der Waals surface area contributed by atoms with Gasteiger partial charge in [0.05, 0.1) is 10.5 Å². The smallest absolute Gasteiger partial charge is 0.282 e. The number of fused-ring (bicyclic) bond motifs is 1. The van der Waals surface area contributed by atoms with Gasteiger partial charge >= 0.3 is 0 Å². The van der Waals surface area contributed by atoms with Crippen molar-refractivity contribution in [2.24, 2.45) is 5.92 Å². The Balaban J connectivity index is 2.01. The molecule has 26 heavy (non-hydrogen) atoms. The molecule has 0 aliphatic carbocycles. The van der Waals surface area contributed by atoms with E-state index >= 15 is 0 Å². The summed E-state index contributed by atoms with van der Waals surface area (Å²) in [6.45, 7) is 5.68. The molecular formula is C18H23N3O5. The van der Waals surface area contributed by atoms with Gasteiger partial charge in [0.25, 0.3) is 17.5 Å². The van der Waals surface area contributed by atoms with Gasteiger partial charge in [0.1, 0.15) is 12.1 Å². The van der Waals surface area contributed by atoms with E-state index in [1.54, 1.807) is 0 Å². The van der Waals surface area contributed by atoms with Gasteiger partial charge < -0.3 is 5.32 Å². The molecule has 8 heteroatoms. The number of benzene rings is 1. The van der Waals surface area contributed by atoms with Crippen molar-refractivity contribution in [3.63, 3.8) is 0 Å². The zero-order valence-corrected chi connectivity index (χ0v) is 15.2. The van der Waals surface area contributed by atoms with E-state index in [1.165, 1.54) is 18.2 Å². The molecule has 0 bridgehead atoms. The molecule has 0 fully saturated rings. The first kappa shape index (κ1) is 19.6. The van der Waals surface area contributed by atoms with Crippen LogP contribution in [-0.4, -0.2) is 40.1 Å². The number of rotatable bonds is 8. The molecule has 140 valence electrons. The molecule has 1 heterocycles. The molecule has 1 N–H and O–H groups in total. The molecule has 0 saturated carbocycles. The summed E-state index contributed by atoms with van der Waals surface area (Å²) in [6, 6.07) is 3.80. The summed E-state index contributed by atoms with van der Waals surface area (Å²) in [4.78, 5) is 48.1. The van der Waals surface area contributed by atoms with E-state index in [4.69, 9.17) is 0 Å².